The van der Waals surface area contributed by atoms with E-state index in [9.17, 15) is 16.8 Å². The molecule has 15 heteroatoms. The number of fused-ring (bicyclic) bond motifs is 2. The summed E-state index contributed by atoms with van der Waals surface area (Å²) in [6.07, 6.45) is 4.58. The maximum atomic E-state index is 15.2. The first kappa shape index (κ1) is 26.7. The normalized spacial score (nSPS) is 23.0. The SMILES string of the molecule is CCS(=O)(=O)N1[C@@H]2CCC[C@H]1CC(N(C)c1nc(COS(C)(=O)=O)c(F)c(Nc3cc(C)[nH]n3)n1)C2. The summed E-state index contributed by atoms with van der Waals surface area (Å²) in [5.41, 5.74) is 0.531. The molecule has 0 radical (unpaired) electrons. The highest BCUT2D eigenvalue weighted by molar-refractivity contribution is 7.89. The lowest BCUT2D eigenvalue weighted by molar-refractivity contribution is 0.109. The minimum Gasteiger partial charge on any atom is -0.341 e. The third-order valence-corrected chi connectivity index (χ3v) is 9.22. The Balaban J connectivity index is 1.64. The van der Waals surface area contributed by atoms with Gasteiger partial charge < -0.3 is 10.2 Å². The van der Waals surface area contributed by atoms with Crippen molar-refractivity contribution in [3.05, 3.63) is 23.3 Å². The predicted octanol–water partition coefficient (Wildman–Crippen LogP) is 2.04. The summed E-state index contributed by atoms with van der Waals surface area (Å²) in [4.78, 5) is 10.5. The number of sulfonamides is 1. The molecule has 2 aromatic rings. The van der Waals surface area contributed by atoms with Crippen LogP contribution < -0.4 is 10.2 Å². The highest BCUT2D eigenvalue weighted by Gasteiger charge is 2.45. The fourth-order valence-electron chi connectivity index (χ4n) is 4.98. The van der Waals surface area contributed by atoms with E-state index in [1.54, 1.807) is 31.3 Å². The lowest BCUT2D eigenvalue weighted by Crippen LogP contribution is -2.58. The maximum absolute atomic E-state index is 15.2. The fourth-order valence-corrected chi connectivity index (χ4v) is 6.89. The molecular formula is C21H32FN7O5S2. The van der Waals surface area contributed by atoms with Crippen LogP contribution in [-0.4, -0.2) is 78.5 Å². The van der Waals surface area contributed by atoms with E-state index >= 15 is 4.39 Å². The molecule has 2 fully saturated rings. The fraction of sp³-hybridized carbons (Fsp3) is 0.667. The minimum atomic E-state index is -3.83. The van der Waals surface area contributed by atoms with Crippen LogP contribution >= 0.6 is 0 Å². The Morgan fingerprint density at radius 2 is 1.89 bits per heavy atom. The van der Waals surface area contributed by atoms with Gasteiger partial charge in [-0.1, -0.05) is 6.42 Å². The first-order valence-electron chi connectivity index (χ1n) is 11.8. The van der Waals surface area contributed by atoms with Crippen LogP contribution in [0.5, 0.6) is 0 Å². The summed E-state index contributed by atoms with van der Waals surface area (Å²) < 4.78 is 70.3. The molecule has 0 aliphatic carbocycles. The van der Waals surface area contributed by atoms with Crippen LogP contribution in [0.2, 0.25) is 0 Å². The van der Waals surface area contributed by atoms with Crippen molar-refractivity contribution < 1.29 is 25.4 Å². The lowest BCUT2D eigenvalue weighted by atomic mass is 9.83. The first-order valence-corrected chi connectivity index (χ1v) is 15.2. The van der Waals surface area contributed by atoms with Crippen molar-refractivity contribution in [2.24, 2.45) is 0 Å². The second-order valence-corrected chi connectivity index (χ2v) is 13.2. The van der Waals surface area contributed by atoms with E-state index < -0.39 is 32.6 Å². The van der Waals surface area contributed by atoms with Gasteiger partial charge in [0.2, 0.25) is 16.0 Å². The van der Waals surface area contributed by atoms with Crippen LogP contribution in [0.1, 0.15) is 50.4 Å². The molecule has 0 amide bonds. The van der Waals surface area contributed by atoms with Gasteiger partial charge in [0.15, 0.2) is 17.5 Å². The number of rotatable bonds is 9. The van der Waals surface area contributed by atoms with Crippen molar-refractivity contribution in [3.8, 4) is 0 Å². The van der Waals surface area contributed by atoms with E-state index in [-0.39, 0.29) is 41.3 Å². The van der Waals surface area contributed by atoms with Gasteiger partial charge >= 0.3 is 0 Å². The van der Waals surface area contributed by atoms with E-state index in [0.29, 0.717) is 18.7 Å². The number of aromatic nitrogens is 4. The van der Waals surface area contributed by atoms with Crippen molar-refractivity contribution in [2.75, 3.05) is 29.3 Å². The Morgan fingerprint density at radius 3 is 2.44 bits per heavy atom. The summed E-state index contributed by atoms with van der Waals surface area (Å²) in [7, 11) is -5.38. The zero-order valence-electron chi connectivity index (χ0n) is 20.7. The van der Waals surface area contributed by atoms with Crippen LogP contribution in [0.3, 0.4) is 0 Å². The second kappa shape index (κ2) is 10.2. The van der Waals surface area contributed by atoms with E-state index in [2.05, 4.69) is 25.5 Å². The van der Waals surface area contributed by atoms with Crippen molar-refractivity contribution in [3.63, 3.8) is 0 Å². The smallest absolute Gasteiger partial charge is 0.264 e. The van der Waals surface area contributed by atoms with Gasteiger partial charge in [-0.15, -0.1) is 0 Å². The highest BCUT2D eigenvalue weighted by Crippen LogP contribution is 2.38. The number of nitrogens with zero attached hydrogens (tertiary/aromatic N) is 5. The van der Waals surface area contributed by atoms with Gasteiger partial charge in [-0.25, -0.2) is 17.8 Å². The monoisotopic (exact) mass is 545 g/mol. The molecule has 3 atom stereocenters. The number of nitrogens with one attached hydrogen (secondary N) is 2. The maximum Gasteiger partial charge on any atom is 0.264 e. The minimum absolute atomic E-state index is 0.0625. The molecule has 0 aromatic carbocycles. The lowest BCUT2D eigenvalue weighted by Gasteiger charge is -2.49. The van der Waals surface area contributed by atoms with Gasteiger partial charge in [0.25, 0.3) is 10.1 Å². The summed E-state index contributed by atoms with van der Waals surface area (Å²) in [6.45, 7) is 2.85. The number of piperidine rings is 2. The highest BCUT2D eigenvalue weighted by atomic mass is 32.2. The summed E-state index contributed by atoms with van der Waals surface area (Å²) in [6, 6.07) is 1.35. The Kier molecular flexibility index (Phi) is 7.55. The van der Waals surface area contributed by atoms with Crippen molar-refractivity contribution in [1.29, 1.82) is 0 Å². The molecule has 1 unspecified atom stereocenters. The van der Waals surface area contributed by atoms with Crippen molar-refractivity contribution in [1.82, 2.24) is 24.5 Å². The molecule has 200 valence electrons. The molecule has 2 aliphatic heterocycles. The summed E-state index contributed by atoms with van der Waals surface area (Å²) >= 11 is 0. The van der Waals surface area contributed by atoms with E-state index in [0.717, 1.165) is 31.2 Å². The number of aryl methyl sites for hydroxylation is 1. The quantitative estimate of drug-likeness (QED) is 0.448. The van der Waals surface area contributed by atoms with Crippen molar-refractivity contribution >= 4 is 37.7 Å². The second-order valence-electron chi connectivity index (χ2n) is 9.37. The van der Waals surface area contributed by atoms with E-state index in [1.807, 2.05) is 4.90 Å². The van der Waals surface area contributed by atoms with Crippen LogP contribution in [0.25, 0.3) is 0 Å². The first-order chi connectivity index (χ1) is 16.9. The Hall–Kier alpha value is -2.36. The summed E-state index contributed by atoms with van der Waals surface area (Å²) in [5, 5.41) is 9.61. The zero-order chi connectivity index (χ0) is 26.3. The van der Waals surface area contributed by atoms with Gasteiger partial charge in [0.1, 0.15) is 12.3 Å². The van der Waals surface area contributed by atoms with E-state index in [1.165, 1.54) is 0 Å². The van der Waals surface area contributed by atoms with Gasteiger partial charge in [0, 0.05) is 36.9 Å². The van der Waals surface area contributed by atoms with Gasteiger partial charge in [-0.3, -0.25) is 9.28 Å². The van der Waals surface area contributed by atoms with Crippen LogP contribution in [0.15, 0.2) is 6.07 Å². The largest absolute Gasteiger partial charge is 0.341 e. The Morgan fingerprint density at radius 1 is 1.22 bits per heavy atom. The molecule has 2 bridgehead atoms. The molecule has 2 saturated heterocycles. The summed E-state index contributed by atoms with van der Waals surface area (Å²) in [5.74, 6) is -0.448. The molecule has 2 aliphatic rings. The number of H-pyrrole nitrogens is 1. The molecule has 36 heavy (non-hydrogen) atoms. The number of hydrogen-bond donors (Lipinski definition) is 2. The van der Waals surface area contributed by atoms with Gasteiger partial charge in [-0.05, 0) is 39.5 Å². The molecule has 4 heterocycles. The number of hydrogen-bond acceptors (Lipinski definition) is 10. The number of halogens is 1. The molecule has 0 spiro atoms. The molecule has 0 saturated carbocycles. The average molecular weight is 546 g/mol. The molecule has 12 nitrogen and oxygen atoms in total. The van der Waals surface area contributed by atoms with Crippen LogP contribution in [-0.2, 0) is 30.9 Å². The zero-order valence-corrected chi connectivity index (χ0v) is 22.4. The van der Waals surface area contributed by atoms with Crippen molar-refractivity contribution in [2.45, 2.75) is 70.7 Å². The predicted molar refractivity (Wildman–Crippen MR) is 132 cm³/mol. The molecular weight excluding hydrogens is 513 g/mol. The molecule has 2 N–H and O–H groups in total. The number of aromatic amines is 1. The van der Waals surface area contributed by atoms with Gasteiger partial charge in [0.05, 0.1) is 12.0 Å². The topological polar surface area (TPSA) is 150 Å². The molecule has 4 rings (SSSR count). The standard InChI is InChI=1S/C21H32FN7O5S2/c1-5-36(32,33)29-14-7-6-8-15(29)11-16(10-14)28(3)21-23-17(12-34-35(4,30)31)19(22)20(25-21)24-18-9-13(2)26-27-18/h9,14-16H,5-8,10-12H2,1-4H3,(H2,23,24,25,26,27)/t14-,15+,16?. The Bertz CT molecular complexity index is 1300. The third-order valence-electron chi connectivity index (χ3n) is 6.70. The van der Waals surface area contributed by atoms with Gasteiger partial charge in [-0.2, -0.15) is 22.8 Å². The average Bonchev–Trinajstić information content (AvgIpc) is 3.22. The molecule has 2 aromatic heterocycles. The third kappa shape index (κ3) is 5.79. The Labute approximate surface area is 210 Å². The number of anilines is 3. The van der Waals surface area contributed by atoms with Crippen LogP contribution in [0.4, 0.5) is 22.0 Å². The van der Waals surface area contributed by atoms with Crippen LogP contribution in [0, 0.1) is 12.7 Å². The van der Waals surface area contributed by atoms with E-state index in [4.69, 9.17) is 4.18 Å².